The van der Waals surface area contributed by atoms with Gasteiger partial charge in [-0.2, -0.15) is 5.10 Å². The molecule has 0 aliphatic carbocycles. The standard InChI is InChI=1S/C16H15N3O2S/c1-12-7-5-6-10-14(12)15-11-17-18-16(15)19-22(20,21)13-8-3-2-4-9-13/h2-11H,1H3,(H2,17,18,19). The molecule has 22 heavy (non-hydrogen) atoms. The lowest BCUT2D eigenvalue weighted by Crippen LogP contribution is -2.13. The van der Waals surface area contributed by atoms with Crippen molar-refractivity contribution in [2.24, 2.45) is 0 Å². The maximum atomic E-state index is 12.4. The maximum absolute atomic E-state index is 12.4. The zero-order chi connectivity index (χ0) is 15.6. The maximum Gasteiger partial charge on any atom is 0.263 e. The van der Waals surface area contributed by atoms with Gasteiger partial charge < -0.3 is 0 Å². The van der Waals surface area contributed by atoms with Crippen molar-refractivity contribution < 1.29 is 8.42 Å². The Hall–Kier alpha value is -2.60. The molecule has 3 aromatic rings. The molecule has 0 spiro atoms. The van der Waals surface area contributed by atoms with Crippen molar-refractivity contribution in [2.75, 3.05) is 4.72 Å². The van der Waals surface area contributed by atoms with Gasteiger partial charge in [-0.25, -0.2) is 8.42 Å². The Morgan fingerprint density at radius 3 is 2.36 bits per heavy atom. The van der Waals surface area contributed by atoms with Crippen LogP contribution in [0.25, 0.3) is 11.1 Å². The Bertz CT molecular complexity index is 887. The highest BCUT2D eigenvalue weighted by atomic mass is 32.2. The number of benzene rings is 2. The van der Waals surface area contributed by atoms with Crippen LogP contribution in [0.5, 0.6) is 0 Å². The average molecular weight is 313 g/mol. The van der Waals surface area contributed by atoms with Crippen LogP contribution in [0.4, 0.5) is 5.82 Å². The molecule has 2 aromatic carbocycles. The summed E-state index contributed by atoms with van der Waals surface area (Å²) in [6.45, 7) is 1.97. The molecular weight excluding hydrogens is 298 g/mol. The summed E-state index contributed by atoms with van der Waals surface area (Å²) in [6, 6.07) is 16.0. The predicted octanol–water partition coefficient (Wildman–Crippen LogP) is 3.19. The Labute approximate surface area is 129 Å². The monoisotopic (exact) mass is 313 g/mol. The molecule has 2 N–H and O–H groups in total. The number of rotatable bonds is 4. The molecule has 5 nitrogen and oxygen atoms in total. The van der Waals surface area contributed by atoms with Gasteiger partial charge in [-0.05, 0) is 30.2 Å². The molecule has 0 bridgehead atoms. The number of aryl methyl sites for hydroxylation is 1. The normalized spacial score (nSPS) is 11.3. The van der Waals surface area contributed by atoms with Crippen LogP contribution in [0, 0.1) is 6.92 Å². The number of nitrogens with one attached hydrogen (secondary N) is 2. The lowest BCUT2D eigenvalue weighted by atomic mass is 10.0. The van der Waals surface area contributed by atoms with Crippen molar-refractivity contribution >= 4 is 15.8 Å². The van der Waals surface area contributed by atoms with Crippen LogP contribution in [-0.4, -0.2) is 18.6 Å². The Kier molecular flexibility index (Phi) is 3.68. The number of aromatic nitrogens is 2. The van der Waals surface area contributed by atoms with E-state index in [1.807, 2.05) is 31.2 Å². The molecule has 0 fully saturated rings. The summed E-state index contributed by atoms with van der Waals surface area (Å²) in [7, 11) is -3.66. The van der Waals surface area contributed by atoms with Crippen LogP contribution in [0.3, 0.4) is 0 Å². The van der Waals surface area contributed by atoms with Crippen LogP contribution in [0.1, 0.15) is 5.56 Å². The first kappa shape index (κ1) is 14.3. The quantitative estimate of drug-likeness (QED) is 0.777. The van der Waals surface area contributed by atoms with E-state index in [-0.39, 0.29) is 10.7 Å². The van der Waals surface area contributed by atoms with E-state index in [1.165, 1.54) is 0 Å². The molecule has 1 heterocycles. The molecule has 3 rings (SSSR count). The number of sulfonamides is 1. The largest absolute Gasteiger partial charge is 0.283 e. The zero-order valence-corrected chi connectivity index (χ0v) is 12.8. The highest BCUT2D eigenvalue weighted by Crippen LogP contribution is 2.29. The second-order valence-electron chi connectivity index (χ2n) is 4.88. The topological polar surface area (TPSA) is 74.8 Å². The number of nitrogens with zero attached hydrogens (tertiary/aromatic N) is 1. The van der Waals surface area contributed by atoms with E-state index in [4.69, 9.17) is 0 Å². The minimum atomic E-state index is -3.66. The van der Waals surface area contributed by atoms with Crippen molar-refractivity contribution in [1.29, 1.82) is 0 Å². The summed E-state index contributed by atoms with van der Waals surface area (Å²) < 4.78 is 27.3. The van der Waals surface area contributed by atoms with Crippen molar-refractivity contribution in [3.05, 3.63) is 66.4 Å². The second-order valence-corrected chi connectivity index (χ2v) is 6.56. The molecule has 0 aliphatic heterocycles. The fourth-order valence-corrected chi connectivity index (χ4v) is 3.28. The molecule has 0 radical (unpaired) electrons. The summed E-state index contributed by atoms with van der Waals surface area (Å²) >= 11 is 0. The van der Waals surface area contributed by atoms with Gasteiger partial charge in [-0.3, -0.25) is 9.82 Å². The van der Waals surface area contributed by atoms with Crippen LogP contribution >= 0.6 is 0 Å². The summed E-state index contributed by atoms with van der Waals surface area (Å²) in [6.07, 6.45) is 1.69. The van der Waals surface area contributed by atoms with Crippen molar-refractivity contribution in [1.82, 2.24) is 10.2 Å². The SMILES string of the molecule is Cc1ccccc1-c1c[nH]nc1NS(=O)(=O)c1ccccc1. The number of H-pyrrole nitrogens is 1. The van der Waals surface area contributed by atoms with E-state index in [0.717, 1.165) is 16.7 Å². The van der Waals surface area contributed by atoms with E-state index < -0.39 is 10.0 Å². The van der Waals surface area contributed by atoms with Crippen molar-refractivity contribution in [3.63, 3.8) is 0 Å². The molecular formula is C16H15N3O2S. The second kappa shape index (κ2) is 5.65. The van der Waals surface area contributed by atoms with Gasteiger partial charge in [0.2, 0.25) is 0 Å². The van der Waals surface area contributed by atoms with Gasteiger partial charge in [0.25, 0.3) is 10.0 Å². The average Bonchev–Trinajstić information content (AvgIpc) is 2.96. The van der Waals surface area contributed by atoms with Gasteiger partial charge in [0.15, 0.2) is 5.82 Å². The molecule has 0 atom stereocenters. The molecule has 112 valence electrons. The molecule has 0 amide bonds. The van der Waals surface area contributed by atoms with Crippen LogP contribution < -0.4 is 4.72 Å². The number of hydrogen-bond acceptors (Lipinski definition) is 3. The Morgan fingerprint density at radius 1 is 0.955 bits per heavy atom. The Balaban J connectivity index is 1.99. The lowest BCUT2D eigenvalue weighted by molar-refractivity contribution is 0.601. The van der Waals surface area contributed by atoms with Gasteiger partial charge >= 0.3 is 0 Å². The third-order valence-electron chi connectivity index (χ3n) is 3.36. The van der Waals surface area contributed by atoms with Gasteiger partial charge in [0, 0.05) is 11.8 Å². The third-order valence-corrected chi connectivity index (χ3v) is 4.71. The predicted molar refractivity (Wildman–Crippen MR) is 86.0 cm³/mol. The lowest BCUT2D eigenvalue weighted by Gasteiger charge is -2.09. The molecule has 0 saturated heterocycles. The molecule has 0 saturated carbocycles. The smallest absolute Gasteiger partial charge is 0.263 e. The fraction of sp³-hybridized carbons (Fsp3) is 0.0625. The minimum Gasteiger partial charge on any atom is -0.283 e. The highest BCUT2D eigenvalue weighted by Gasteiger charge is 2.18. The first-order valence-corrected chi connectivity index (χ1v) is 8.24. The number of aromatic amines is 1. The van der Waals surface area contributed by atoms with Crippen molar-refractivity contribution in [3.8, 4) is 11.1 Å². The first-order valence-electron chi connectivity index (χ1n) is 6.75. The zero-order valence-electron chi connectivity index (χ0n) is 11.9. The molecule has 6 heteroatoms. The third kappa shape index (κ3) is 2.73. The van der Waals surface area contributed by atoms with Gasteiger partial charge in [-0.15, -0.1) is 0 Å². The van der Waals surface area contributed by atoms with Gasteiger partial charge in [-0.1, -0.05) is 42.5 Å². The van der Waals surface area contributed by atoms with E-state index in [0.29, 0.717) is 0 Å². The highest BCUT2D eigenvalue weighted by molar-refractivity contribution is 7.92. The summed E-state index contributed by atoms with van der Waals surface area (Å²) in [5.74, 6) is 0.290. The molecule has 0 aliphatic rings. The summed E-state index contributed by atoms with van der Waals surface area (Å²) in [5, 5.41) is 6.75. The van der Waals surface area contributed by atoms with Crippen LogP contribution in [0.15, 0.2) is 65.7 Å². The molecule has 1 aromatic heterocycles. The van der Waals surface area contributed by atoms with E-state index in [2.05, 4.69) is 14.9 Å². The number of anilines is 1. The van der Waals surface area contributed by atoms with E-state index >= 15 is 0 Å². The van der Waals surface area contributed by atoms with Gasteiger partial charge in [0.1, 0.15) is 0 Å². The van der Waals surface area contributed by atoms with E-state index in [1.54, 1.807) is 36.5 Å². The van der Waals surface area contributed by atoms with Crippen LogP contribution in [-0.2, 0) is 10.0 Å². The molecule has 0 unspecified atom stereocenters. The fourth-order valence-electron chi connectivity index (χ4n) is 2.23. The summed E-state index contributed by atoms with van der Waals surface area (Å²) in [5.41, 5.74) is 2.70. The Morgan fingerprint density at radius 2 is 1.64 bits per heavy atom. The van der Waals surface area contributed by atoms with Crippen LogP contribution in [0.2, 0.25) is 0 Å². The first-order chi connectivity index (χ1) is 10.6. The van der Waals surface area contributed by atoms with Gasteiger partial charge in [0.05, 0.1) is 4.90 Å². The van der Waals surface area contributed by atoms with E-state index in [9.17, 15) is 8.42 Å². The summed E-state index contributed by atoms with van der Waals surface area (Å²) in [4.78, 5) is 0.203. The van der Waals surface area contributed by atoms with Crippen molar-refractivity contribution in [2.45, 2.75) is 11.8 Å². The number of hydrogen-bond donors (Lipinski definition) is 2. The minimum absolute atomic E-state index is 0.203.